The SMILES string of the molecule is COc1ccc(N2C(=O)SC(=C3C(=O)N(C)c4ccccc43)C2=O)cc1. The minimum absolute atomic E-state index is 0.160. The number of hydrogen-bond donors (Lipinski definition) is 0. The molecule has 0 radical (unpaired) electrons. The molecule has 0 atom stereocenters. The number of anilines is 2. The number of imide groups is 1. The fourth-order valence-corrected chi connectivity index (χ4v) is 3.99. The summed E-state index contributed by atoms with van der Waals surface area (Å²) in [6, 6.07) is 13.9. The monoisotopic (exact) mass is 366 g/mol. The summed E-state index contributed by atoms with van der Waals surface area (Å²) < 4.78 is 5.10. The highest BCUT2D eigenvalue weighted by Crippen LogP contribution is 2.44. The molecule has 2 aromatic rings. The quantitative estimate of drug-likeness (QED) is 0.763. The van der Waals surface area contributed by atoms with Crippen molar-refractivity contribution in [3.05, 3.63) is 59.0 Å². The molecule has 130 valence electrons. The summed E-state index contributed by atoms with van der Waals surface area (Å²) >= 11 is 0.792. The summed E-state index contributed by atoms with van der Waals surface area (Å²) in [5.74, 6) is -0.148. The van der Waals surface area contributed by atoms with E-state index in [1.165, 1.54) is 4.90 Å². The van der Waals surface area contributed by atoms with Crippen LogP contribution in [-0.2, 0) is 9.59 Å². The predicted octanol–water partition coefficient (Wildman–Crippen LogP) is 3.28. The summed E-state index contributed by atoms with van der Waals surface area (Å²) in [5, 5.41) is -0.428. The number of hydrogen-bond acceptors (Lipinski definition) is 5. The van der Waals surface area contributed by atoms with Crippen LogP contribution >= 0.6 is 11.8 Å². The van der Waals surface area contributed by atoms with Gasteiger partial charge in [-0.15, -0.1) is 0 Å². The van der Waals surface area contributed by atoms with Crippen molar-refractivity contribution >= 4 is 45.8 Å². The molecule has 0 aromatic heterocycles. The molecule has 6 nitrogen and oxygen atoms in total. The second-order valence-electron chi connectivity index (χ2n) is 5.79. The largest absolute Gasteiger partial charge is 0.497 e. The van der Waals surface area contributed by atoms with E-state index in [9.17, 15) is 14.4 Å². The van der Waals surface area contributed by atoms with E-state index in [-0.39, 0.29) is 16.4 Å². The second kappa shape index (κ2) is 6.03. The minimum atomic E-state index is -0.487. The Morgan fingerprint density at radius 2 is 1.62 bits per heavy atom. The lowest BCUT2D eigenvalue weighted by Gasteiger charge is -2.13. The van der Waals surface area contributed by atoms with Gasteiger partial charge < -0.3 is 9.64 Å². The lowest BCUT2D eigenvalue weighted by atomic mass is 10.1. The topological polar surface area (TPSA) is 66.9 Å². The zero-order valence-corrected chi connectivity index (χ0v) is 14.9. The van der Waals surface area contributed by atoms with Gasteiger partial charge in [-0.1, -0.05) is 18.2 Å². The lowest BCUT2D eigenvalue weighted by Crippen LogP contribution is -2.28. The summed E-state index contributed by atoms with van der Waals surface area (Å²) in [5.41, 5.74) is 2.11. The Morgan fingerprint density at radius 1 is 0.923 bits per heavy atom. The van der Waals surface area contributed by atoms with Crippen LogP contribution in [0.5, 0.6) is 5.75 Å². The third kappa shape index (κ3) is 2.32. The highest BCUT2D eigenvalue weighted by Gasteiger charge is 2.43. The number of carbonyl (C=O) groups is 3. The van der Waals surface area contributed by atoms with E-state index in [0.717, 1.165) is 22.3 Å². The van der Waals surface area contributed by atoms with Gasteiger partial charge >= 0.3 is 0 Å². The summed E-state index contributed by atoms with van der Waals surface area (Å²) in [6.45, 7) is 0. The van der Waals surface area contributed by atoms with Crippen LogP contribution < -0.4 is 14.5 Å². The van der Waals surface area contributed by atoms with Crippen molar-refractivity contribution in [2.24, 2.45) is 0 Å². The second-order valence-corrected chi connectivity index (χ2v) is 6.75. The van der Waals surface area contributed by atoms with Gasteiger partial charge in [0.05, 0.1) is 29.0 Å². The van der Waals surface area contributed by atoms with Crippen LogP contribution in [0, 0.1) is 0 Å². The summed E-state index contributed by atoms with van der Waals surface area (Å²) in [7, 11) is 3.20. The van der Waals surface area contributed by atoms with E-state index in [1.54, 1.807) is 50.6 Å². The molecular weight excluding hydrogens is 352 g/mol. The van der Waals surface area contributed by atoms with Crippen molar-refractivity contribution in [3.8, 4) is 5.75 Å². The molecule has 26 heavy (non-hydrogen) atoms. The predicted molar refractivity (Wildman–Crippen MR) is 100 cm³/mol. The van der Waals surface area contributed by atoms with Crippen LogP contribution in [0.2, 0.25) is 0 Å². The van der Waals surface area contributed by atoms with Gasteiger partial charge in [-0.05, 0) is 42.1 Å². The van der Waals surface area contributed by atoms with Crippen LogP contribution in [0.1, 0.15) is 5.56 Å². The molecule has 1 fully saturated rings. The molecule has 0 N–H and O–H groups in total. The van der Waals surface area contributed by atoms with Crippen molar-refractivity contribution in [1.29, 1.82) is 0 Å². The average molecular weight is 366 g/mol. The maximum Gasteiger partial charge on any atom is 0.298 e. The lowest BCUT2D eigenvalue weighted by molar-refractivity contribution is -0.115. The molecule has 7 heteroatoms. The number of likely N-dealkylation sites (N-methyl/N-ethyl adjacent to an activating group) is 1. The van der Waals surface area contributed by atoms with Crippen molar-refractivity contribution in [2.45, 2.75) is 0 Å². The Hall–Kier alpha value is -3.06. The zero-order chi connectivity index (χ0) is 18.4. The maximum absolute atomic E-state index is 12.9. The third-order valence-electron chi connectivity index (χ3n) is 4.38. The number of carbonyl (C=O) groups excluding carboxylic acids is 3. The molecule has 2 heterocycles. The van der Waals surface area contributed by atoms with Gasteiger partial charge in [0.1, 0.15) is 5.75 Å². The van der Waals surface area contributed by atoms with Crippen LogP contribution in [0.25, 0.3) is 5.57 Å². The first kappa shape index (κ1) is 16.4. The van der Waals surface area contributed by atoms with Gasteiger partial charge in [0.25, 0.3) is 17.1 Å². The van der Waals surface area contributed by atoms with Crippen LogP contribution in [0.4, 0.5) is 16.2 Å². The first-order valence-electron chi connectivity index (χ1n) is 7.85. The van der Waals surface area contributed by atoms with E-state index in [0.29, 0.717) is 17.0 Å². The number of rotatable bonds is 2. The maximum atomic E-state index is 12.9. The van der Waals surface area contributed by atoms with Crippen LogP contribution in [0.15, 0.2) is 53.4 Å². The van der Waals surface area contributed by atoms with E-state index >= 15 is 0 Å². The molecule has 0 aliphatic carbocycles. The summed E-state index contributed by atoms with van der Waals surface area (Å²) in [6.07, 6.45) is 0. The summed E-state index contributed by atoms with van der Waals surface area (Å²) in [4.78, 5) is 40.8. The Kier molecular flexibility index (Phi) is 3.81. The standard InChI is InChI=1S/C19H14N2O4S/c1-20-14-6-4-3-5-13(14)15(17(20)22)16-18(23)21(19(24)26-16)11-7-9-12(25-2)10-8-11/h3-10H,1-2H3. The normalized spacial score (nSPS) is 19.4. The number of fused-ring (bicyclic) bond motifs is 1. The number of thioether (sulfide) groups is 1. The molecule has 4 rings (SSSR count). The third-order valence-corrected chi connectivity index (χ3v) is 5.32. The van der Waals surface area contributed by atoms with E-state index in [4.69, 9.17) is 4.74 Å². The van der Waals surface area contributed by atoms with Crippen molar-refractivity contribution in [1.82, 2.24) is 0 Å². The van der Waals surface area contributed by atoms with Crippen molar-refractivity contribution < 1.29 is 19.1 Å². The molecule has 0 spiro atoms. The molecule has 2 aromatic carbocycles. The van der Waals surface area contributed by atoms with E-state index in [1.807, 2.05) is 12.1 Å². The first-order chi connectivity index (χ1) is 12.5. The van der Waals surface area contributed by atoms with Gasteiger partial charge in [0.2, 0.25) is 0 Å². The number of ether oxygens (including phenoxy) is 1. The zero-order valence-electron chi connectivity index (χ0n) is 14.1. The highest BCUT2D eigenvalue weighted by atomic mass is 32.2. The number of amides is 3. The molecule has 0 unspecified atom stereocenters. The number of para-hydroxylation sites is 1. The Labute approximate surface area is 154 Å². The number of benzene rings is 2. The highest BCUT2D eigenvalue weighted by molar-refractivity contribution is 8.19. The van der Waals surface area contributed by atoms with Crippen molar-refractivity contribution in [2.75, 3.05) is 24.0 Å². The average Bonchev–Trinajstić information content (AvgIpc) is 3.09. The smallest absolute Gasteiger partial charge is 0.298 e. The minimum Gasteiger partial charge on any atom is -0.497 e. The molecule has 3 amide bonds. The van der Waals surface area contributed by atoms with Gasteiger partial charge in [-0.2, -0.15) is 0 Å². The first-order valence-corrected chi connectivity index (χ1v) is 8.66. The fourth-order valence-electron chi connectivity index (χ4n) is 3.06. The Bertz CT molecular complexity index is 981. The number of methoxy groups -OCH3 is 1. The molecule has 2 aliphatic rings. The molecule has 0 bridgehead atoms. The van der Waals surface area contributed by atoms with E-state index in [2.05, 4.69) is 0 Å². The van der Waals surface area contributed by atoms with Crippen molar-refractivity contribution in [3.63, 3.8) is 0 Å². The Morgan fingerprint density at radius 3 is 2.31 bits per heavy atom. The van der Waals surface area contributed by atoms with Gasteiger partial charge in [-0.25, -0.2) is 4.90 Å². The molecular formula is C19H14N2O4S. The van der Waals surface area contributed by atoms with Gasteiger partial charge in [-0.3, -0.25) is 14.4 Å². The van der Waals surface area contributed by atoms with Crippen LogP contribution in [0.3, 0.4) is 0 Å². The molecule has 2 aliphatic heterocycles. The fraction of sp³-hybridized carbons (Fsp3) is 0.105. The van der Waals surface area contributed by atoms with Crippen LogP contribution in [-0.4, -0.2) is 31.2 Å². The Balaban J connectivity index is 1.80. The molecule has 1 saturated heterocycles. The van der Waals surface area contributed by atoms with E-state index < -0.39 is 11.1 Å². The number of nitrogens with zero attached hydrogens (tertiary/aromatic N) is 2. The van der Waals surface area contributed by atoms with Gasteiger partial charge in [0.15, 0.2) is 0 Å². The molecule has 0 saturated carbocycles. The van der Waals surface area contributed by atoms with Gasteiger partial charge in [0, 0.05) is 12.6 Å².